The lowest BCUT2D eigenvalue weighted by atomic mass is 10.2. The van der Waals surface area contributed by atoms with Crippen LogP contribution in [-0.2, 0) is 14.3 Å². The van der Waals surface area contributed by atoms with Crippen molar-refractivity contribution in [3.8, 4) is 0 Å². The number of carbonyl (C=O) groups excluding carboxylic acids is 1. The quantitative estimate of drug-likeness (QED) is 0.635. The molecule has 1 aliphatic rings. The van der Waals surface area contributed by atoms with Crippen molar-refractivity contribution in [3.63, 3.8) is 0 Å². The average Bonchev–Trinajstić information content (AvgIpc) is 2.56. The maximum Gasteiger partial charge on any atom is 0.320 e. The van der Waals surface area contributed by atoms with E-state index in [2.05, 4.69) is 10.1 Å². The molecule has 0 spiro atoms. The molecular weight excluding hydrogens is 186 g/mol. The van der Waals surface area contributed by atoms with E-state index < -0.39 is 5.97 Å². The molecule has 5 nitrogen and oxygen atoms in total. The fraction of sp³-hybridized carbons (Fsp3) is 0.778. The molecule has 1 heterocycles. The Morgan fingerprint density at radius 2 is 2.21 bits per heavy atom. The van der Waals surface area contributed by atoms with Crippen LogP contribution in [0.1, 0.15) is 26.7 Å². The maximum absolute atomic E-state index is 10.1. The van der Waals surface area contributed by atoms with Crippen LogP contribution in [0.5, 0.6) is 0 Å². The highest BCUT2D eigenvalue weighted by Crippen LogP contribution is 2.03. The van der Waals surface area contributed by atoms with Gasteiger partial charge in [-0.3, -0.25) is 9.59 Å². The van der Waals surface area contributed by atoms with E-state index in [1.165, 1.54) is 6.92 Å². The summed E-state index contributed by atoms with van der Waals surface area (Å²) in [6.07, 6.45) is 1.78. The Balaban J connectivity index is 0.000000255. The molecule has 0 saturated carbocycles. The molecule has 14 heavy (non-hydrogen) atoms. The fourth-order valence-corrected chi connectivity index (χ4v) is 1.10. The molecule has 0 aliphatic carbocycles. The van der Waals surface area contributed by atoms with Gasteiger partial charge in [-0.2, -0.15) is 0 Å². The van der Waals surface area contributed by atoms with Crippen LogP contribution in [0.25, 0.3) is 0 Å². The van der Waals surface area contributed by atoms with Gasteiger partial charge in [0.15, 0.2) is 0 Å². The smallest absolute Gasteiger partial charge is 0.320 e. The highest BCUT2D eigenvalue weighted by Gasteiger charge is 2.20. The van der Waals surface area contributed by atoms with Crippen LogP contribution >= 0.6 is 0 Å². The first-order valence-corrected chi connectivity index (χ1v) is 4.67. The normalized spacial score (nSPS) is 19.4. The number of esters is 1. The van der Waals surface area contributed by atoms with Crippen molar-refractivity contribution in [2.75, 3.05) is 13.2 Å². The molecule has 0 radical (unpaired) electrons. The summed E-state index contributed by atoms with van der Waals surface area (Å²) in [4.78, 5) is 20.0. The Morgan fingerprint density at radius 3 is 2.36 bits per heavy atom. The molecule has 82 valence electrons. The van der Waals surface area contributed by atoms with Gasteiger partial charge in [-0.25, -0.2) is 0 Å². The van der Waals surface area contributed by atoms with Crippen molar-refractivity contribution in [3.05, 3.63) is 0 Å². The van der Waals surface area contributed by atoms with Gasteiger partial charge in [0.1, 0.15) is 6.04 Å². The maximum atomic E-state index is 10.1. The number of hydrogen-bond donors (Lipinski definition) is 2. The molecule has 0 amide bonds. The lowest BCUT2D eigenvalue weighted by molar-refractivity contribution is -0.140. The van der Waals surface area contributed by atoms with E-state index in [-0.39, 0.29) is 12.0 Å². The molecule has 0 unspecified atom stereocenters. The zero-order valence-corrected chi connectivity index (χ0v) is 8.58. The van der Waals surface area contributed by atoms with Crippen molar-refractivity contribution < 1.29 is 19.4 Å². The van der Waals surface area contributed by atoms with Crippen molar-refractivity contribution in [1.29, 1.82) is 0 Å². The van der Waals surface area contributed by atoms with Crippen molar-refractivity contribution in [1.82, 2.24) is 5.32 Å². The Morgan fingerprint density at radius 1 is 1.57 bits per heavy atom. The van der Waals surface area contributed by atoms with Crippen LogP contribution in [0.2, 0.25) is 0 Å². The predicted octanol–water partition coefficient (Wildman–Crippen LogP) is 0.392. The summed E-state index contributed by atoms with van der Waals surface area (Å²) < 4.78 is 4.40. The zero-order valence-electron chi connectivity index (χ0n) is 8.58. The number of rotatable bonds is 2. The molecule has 0 bridgehead atoms. The molecular formula is C9H17NO4. The average molecular weight is 203 g/mol. The molecule has 1 atom stereocenters. The second-order valence-electron chi connectivity index (χ2n) is 2.91. The van der Waals surface area contributed by atoms with E-state index in [1.807, 2.05) is 0 Å². The van der Waals surface area contributed by atoms with Crippen molar-refractivity contribution in [2.24, 2.45) is 0 Å². The molecule has 0 aromatic carbocycles. The lowest BCUT2D eigenvalue weighted by Gasteiger charge is -1.99. The first kappa shape index (κ1) is 12.9. The van der Waals surface area contributed by atoms with E-state index in [4.69, 9.17) is 5.11 Å². The van der Waals surface area contributed by atoms with Gasteiger partial charge in [0, 0.05) is 6.92 Å². The van der Waals surface area contributed by atoms with Gasteiger partial charge in [0.25, 0.3) is 0 Å². The van der Waals surface area contributed by atoms with Gasteiger partial charge in [0.2, 0.25) is 0 Å². The highest BCUT2D eigenvalue weighted by atomic mass is 16.5. The van der Waals surface area contributed by atoms with E-state index >= 15 is 0 Å². The third-order valence-corrected chi connectivity index (χ3v) is 1.71. The zero-order chi connectivity index (χ0) is 11.0. The minimum absolute atomic E-state index is 0.211. The first-order valence-electron chi connectivity index (χ1n) is 4.67. The third-order valence-electron chi connectivity index (χ3n) is 1.71. The Bertz CT molecular complexity index is 187. The molecule has 0 aromatic rings. The van der Waals surface area contributed by atoms with Gasteiger partial charge in [-0.05, 0) is 26.3 Å². The molecule has 1 fully saturated rings. The molecule has 1 aliphatic heterocycles. The molecule has 1 saturated heterocycles. The van der Waals surface area contributed by atoms with Gasteiger partial charge in [-0.15, -0.1) is 0 Å². The number of carboxylic acid groups (broad SMARTS) is 1. The third kappa shape index (κ3) is 6.42. The van der Waals surface area contributed by atoms with Crippen LogP contribution in [0, 0.1) is 0 Å². The van der Waals surface area contributed by atoms with Crippen molar-refractivity contribution in [2.45, 2.75) is 32.7 Å². The van der Waals surface area contributed by atoms with Crippen LogP contribution in [0.4, 0.5) is 0 Å². The summed E-state index contributed by atoms with van der Waals surface area (Å²) in [6, 6.07) is -0.269. The van der Waals surface area contributed by atoms with Gasteiger partial charge < -0.3 is 15.2 Å². The number of hydrogen-bond acceptors (Lipinski definition) is 4. The summed E-state index contributed by atoms with van der Waals surface area (Å²) >= 11 is 0. The number of carbonyl (C=O) groups is 2. The van der Waals surface area contributed by atoms with Gasteiger partial charge in [0.05, 0.1) is 6.61 Å². The van der Waals surface area contributed by atoms with E-state index in [0.29, 0.717) is 6.61 Å². The summed E-state index contributed by atoms with van der Waals surface area (Å²) in [7, 11) is 0. The number of nitrogens with one attached hydrogen (secondary N) is 1. The summed E-state index contributed by atoms with van der Waals surface area (Å²) in [5.41, 5.74) is 0. The highest BCUT2D eigenvalue weighted by molar-refractivity contribution is 5.73. The predicted molar refractivity (Wildman–Crippen MR) is 51.0 cm³/mol. The molecule has 5 heteroatoms. The molecule has 2 N–H and O–H groups in total. The number of aliphatic carboxylic acids is 1. The van der Waals surface area contributed by atoms with Gasteiger partial charge >= 0.3 is 11.9 Å². The number of carboxylic acids is 1. The van der Waals surface area contributed by atoms with Crippen LogP contribution < -0.4 is 5.32 Å². The Kier molecular flexibility index (Phi) is 6.74. The van der Waals surface area contributed by atoms with E-state index in [0.717, 1.165) is 19.4 Å². The second kappa shape index (κ2) is 7.32. The molecule has 1 rings (SSSR count). The summed E-state index contributed by atoms with van der Waals surface area (Å²) in [5, 5.41) is 11.2. The lowest BCUT2D eigenvalue weighted by Crippen LogP contribution is -2.29. The van der Waals surface area contributed by atoms with Crippen LogP contribution in [0.3, 0.4) is 0 Å². The first-order chi connectivity index (χ1) is 6.57. The second-order valence-corrected chi connectivity index (χ2v) is 2.91. The Labute approximate surface area is 83.4 Å². The topological polar surface area (TPSA) is 75.6 Å². The minimum Gasteiger partial charge on any atom is -0.480 e. The van der Waals surface area contributed by atoms with Crippen molar-refractivity contribution >= 4 is 11.9 Å². The summed E-state index contributed by atoms with van der Waals surface area (Å²) in [5.74, 6) is -0.931. The SMILES string of the molecule is CCOC(C)=O.O=C(O)[C@@H]1CCCN1. The summed E-state index contributed by atoms with van der Waals surface area (Å²) in [6.45, 7) is 4.51. The number of ether oxygens (including phenoxy) is 1. The fourth-order valence-electron chi connectivity index (χ4n) is 1.10. The standard InChI is InChI=1S/C5H9NO2.C4H8O2/c7-5(8)4-2-1-3-6-4;1-3-6-4(2)5/h4,6H,1-3H2,(H,7,8);3H2,1-2H3/t4-;/m0./s1. The van der Waals surface area contributed by atoms with E-state index in [1.54, 1.807) is 6.92 Å². The largest absolute Gasteiger partial charge is 0.480 e. The minimum atomic E-state index is -0.720. The Hall–Kier alpha value is -1.10. The monoisotopic (exact) mass is 203 g/mol. The van der Waals surface area contributed by atoms with Crippen LogP contribution in [0.15, 0.2) is 0 Å². The van der Waals surface area contributed by atoms with Crippen LogP contribution in [-0.4, -0.2) is 36.2 Å². The van der Waals surface area contributed by atoms with Gasteiger partial charge in [-0.1, -0.05) is 0 Å². The molecule has 0 aromatic heterocycles. The van der Waals surface area contributed by atoms with E-state index in [9.17, 15) is 9.59 Å².